The molecule has 0 radical (unpaired) electrons. The van der Waals surface area contributed by atoms with E-state index in [2.05, 4.69) is 20.9 Å². The maximum Gasteiger partial charge on any atom is 0.251 e. The first kappa shape index (κ1) is 9.21. The molecule has 4 nitrogen and oxygen atoms in total. The summed E-state index contributed by atoms with van der Waals surface area (Å²) in [6.07, 6.45) is 0. The second-order valence-electron chi connectivity index (χ2n) is 2.76. The minimum atomic E-state index is -0.495. The number of carbonyl (C=O) groups is 1. The fourth-order valence-corrected chi connectivity index (χ4v) is 1.49. The molecule has 2 aromatic rings. The van der Waals surface area contributed by atoms with Crippen LogP contribution in [0.4, 0.5) is 0 Å². The minimum absolute atomic E-state index is 0.387. The van der Waals surface area contributed by atoms with Crippen LogP contribution in [0.3, 0.4) is 0 Å². The number of nitrogens with two attached hydrogens (primary N) is 1. The third-order valence-corrected chi connectivity index (χ3v) is 2.32. The van der Waals surface area contributed by atoms with Crippen LogP contribution in [-0.2, 0) is 5.33 Å². The quantitative estimate of drug-likeness (QED) is 0.832. The zero-order valence-corrected chi connectivity index (χ0v) is 8.74. The average molecular weight is 255 g/mol. The topological polar surface area (TPSA) is 69.1 Å². The van der Waals surface area contributed by atoms with Crippen molar-refractivity contribution in [2.45, 2.75) is 5.33 Å². The van der Waals surface area contributed by atoms with Crippen LogP contribution in [0.25, 0.3) is 11.1 Å². The zero-order chi connectivity index (χ0) is 10.1. The summed E-state index contributed by atoms with van der Waals surface area (Å²) >= 11 is 3.22. The Bertz CT molecular complexity index is 493. The number of rotatable bonds is 2. The van der Waals surface area contributed by atoms with Gasteiger partial charge >= 0.3 is 0 Å². The molecule has 0 fully saturated rings. The summed E-state index contributed by atoms with van der Waals surface area (Å²) < 4.78 is 5.34. The molecule has 72 valence electrons. The van der Waals surface area contributed by atoms with Crippen LogP contribution in [0.1, 0.15) is 16.2 Å². The van der Waals surface area contributed by atoms with E-state index in [1.807, 2.05) is 0 Å². The molecule has 0 spiro atoms. The monoisotopic (exact) mass is 254 g/mol. The Kier molecular flexibility index (Phi) is 2.25. The van der Waals surface area contributed by atoms with Gasteiger partial charge in [-0.05, 0) is 12.1 Å². The Morgan fingerprint density at radius 3 is 3.00 bits per heavy atom. The molecule has 0 aliphatic heterocycles. The summed E-state index contributed by atoms with van der Waals surface area (Å²) in [4.78, 5) is 15.2. The van der Waals surface area contributed by atoms with Crippen LogP contribution in [0.15, 0.2) is 22.6 Å². The predicted octanol–water partition coefficient (Wildman–Crippen LogP) is 1.82. The van der Waals surface area contributed by atoms with Crippen molar-refractivity contribution in [3.8, 4) is 0 Å². The van der Waals surface area contributed by atoms with Crippen molar-refractivity contribution in [2.24, 2.45) is 5.73 Å². The lowest BCUT2D eigenvalue weighted by atomic mass is 10.2. The summed E-state index contributed by atoms with van der Waals surface area (Å²) in [5.41, 5.74) is 6.69. The molecule has 0 bridgehead atoms. The van der Waals surface area contributed by atoms with Gasteiger partial charge in [0, 0.05) is 0 Å². The number of nitrogens with zero attached hydrogens (tertiary/aromatic N) is 1. The largest absolute Gasteiger partial charge is 0.440 e. The van der Waals surface area contributed by atoms with Crippen molar-refractivity contribution in [1.29, 1.82) is 0 Å². The van der Waals surface area contributed by atoms with E-state index in [0.29, 0.717) is 27.9 Å². The maximum absolute atomic E-state index is 11.0. The molecule has 0 aliphatic carbocycles. The molecule has 1 heterocycles. The van der Waals surface area contributed by atoms with E-state index in [9.17, 15) is 4.79 Å². The molecule has 0 unspecified atom stereocenters. The Balaban J connectivity index is 2.73. The van der Waals surface area contributed by atoms with Gasteiger partial charge in [-0.2, -0.15) is 0 Å². The number of carbonyl (C=O) groups excluding carboxylic acids is 1. The number of primary amides is 1. The van der Waals surface area contributed by atoms with Crippen LogP contribution < -0.4 is 5.73 Å². The van der Waals surface area contributed by atoms with Gasteiger partial charge < -0.3 is 10.2 Å². The minimum Gasteiger partial charge on any atom is -0.440 e. The van der Waals surface area contributed by atoms with E-state index >= 15 is 0 Å². The highest BCUT2D eigenvalue weighted by Crippen LogP contribution is 2.20. The molecule has 14 heavy (non-hydrogen) atoms. The van der Waals surface area contributed by atoms with Crippen LogP contribution in [0.2, 0.25) is 0 Å². The molecule has 0 atom stereocenters. The van der Waals surface area contributed by atoms with Gasteiger partial charge in [0.15, 0.2) is 5.58 Å². The standard InChI is InChI=1S/C9H7BrN2O2/c10-4-7-12-8-5(9(11)13)2-1-3-6(8)14-7/h1-3H,4H2,(H2,11,13). The van der Waals surface area contributed by atoms with E-state index in [-0.39, 0.29) is 0 Å². The van der Waals surface area contributed by atoms with Crippen LogP contribution >= 0.6 is 15.9 Å². The molecule has 1 amide bonds. The van der Waals surface area contributed by atoms with Gasteiger partial charge in [0.05, 0.1) is 10.9 Å². The van der Waals surface area contributed by atoms with E-state index in [1.54, 1.807) is 18.2 Å². The maximum atomic E-state index is 11.0. The Morgan fingerprint density at radius 1 is 1.57 bits per heavy atom. The number of oxazole rings is 1. The van der Waals surface area contributed by atoms with Gasteiger partial charge in [0.1, 0.15) is 5.52 Å². The highest BCUT2D eigenvalue weighted by molar-refractivity contribution is 9.08. The number of aromatic nitrogens is 1. The molecule has 2 N–H and O–H groups in total. The summed E-state index contributed by atoms with van der Waals surface area (Å²) in [5, 5.41) is 0.514. The van der Waals surface area contributed by atoms with Crippen molar-refractivity contribution in [1.82, 2.24) is 4.98 Å². The lowest BCUT2D eigenvalue weighted by Crippen LogP contribution is -2.11. The lowest BCUT2D eigenvalue weighted by molar-refractivity contribution is 0.100. The number of amides is 1. The predicted molar refractivity (Wildman–Crippen MR) is 55.2 cm³/mol. The van der Waals surface area contributed by atoms with Crippen LogP contribution in [0.5, 0.6) is 0 Å². The Hall–Kier alpha value is -1.36. The van der Waals surface area contributed by atoms with E-state index < -0.39 is 5.91 Å². The smallest absolute Gasteiger partial charge is 0.251 e. The SMILES string of the molecule is NC(=O)c1cccc2oc(CBr)nc12. The van der Waals surface area contributed by atoms with Crippen molar-refractivity contribution in [2.75, 3.05) is 0 Å². The third-order valence-electron chi connectivity index (χ3n) is 1.84. The average Bonchev–Trinajstić information content (AvgIpc) is 2.59. The van der Waals surface area contributed by atoms with Gasteiger partial charge in [-0.25, -0.2) is 4.98 Å². The van der Waals surface area contributed by atoms with E-state index in [4.69, 9.17) is 10.2 Å². The van der Waals surface area contributed by atoms with Crippen molar-refractivity contribution >= 4 is 32.9 Å². The molecule has 5 heteroatoms. The van der Waals surface area contributed by atoms with Gasteiger partial charge in [-0.1, -0.05) is 22.0 Å². The Labute approximate surface area is 88.2 Å². The number of para-hydroxylation sites is 1. The number of halogens is 1. The van der Waals surface area contributed by atoms with Gasteiger partial charge in [-0.15, -0.1) is 0 Å². The zero-order valence-electron chi connectivity index (χ0n) is 7.16. The van der Waals surface area contributed by atoms with Crippen LogP contribution in [0, 0.1) is 0 Å². The third kappa shape index (κ3) is 1.39. The number of fused-ring (bicyclic) bond motifs is 1. The number of benzene rings is 1. The van der Waals surface area contributed by atoms with Crippen molar-refractivity contribution < 1.29 is 9.21 Å². The fourth-order valence-electron chi connectivity index (χ4n) is 1.25. The highest BCUT2D eigenvalue weighted by atomic mass is 79.9. The summed E-state index contributed by atoms with van der Waals surface area (Å²) in [6, 6.07) is 5.09. The lowest BCUT2D eigenvalue weighted by Gasteiger charge is -1.93. The van der Waals surface area contributed by atoms with Gasteiger partial charge in [0.2, 0.25) is 5.89 Å². The molecule has 0 saturated carbocycles. The molecular formula is C9H7BrN2O2. The first-order valence-corrected chi connectivity index (χ1v) is 5.08. The molecule has 1 aromatic carbocycles. The first-order valence-electron chi connectivity index (χ1n) is 3.96. The summed E-state index contributed by atoms with van der Waals surface area (Å²) in [6.45, 7) is 0. The number of hydrogen-bond donors (Lipinski definition) is 1. The van der Waals surface area contributed by atoms with Gasteiger partial charge in [0.25, 0.3) is 5.91 Å². The molecule has 1 aromatic heterocycles. The molecule has 0 saturated heterocycles. The first-order chi connectivity index (χ1) is 6.72. The van der Waals surface area contributed by atoms with Gasteiger partial charge in [-0.3, -0.25) is 4.79 Å². The Morgan fingerprint density at radius 2 is 2.36 bits per heavy atom. The van der Waals surface area contributed by atoms with E-state index in [1.165, 1.54) is 0 Å². The number of alkyl halides is 1. The highest BCUT2D eigenvalue weighted by Gasteiger charge is 2.11. The van der Waals surface area contributed by atoms with E-state index in [0.717, 1.165) is 0 Å². The number of hydrogen-bond acceptors (Lipinski definition) is 3. The normalized spacial score (nSPS) is 10.6. The molecule has 0 aliphatic rings. The fraction of sp³-hybridized carbons (Fsp3) is 0.111. The van der Waals surface area contributed by atoms with Crippen molar-refractivity contribution in [3.63, 3.8) is 0 Å². The summed E-state index contributed by atoms with van der Waals surface area (Å²) in [5.74, 6) is 0.0405. The second kappa shape index (κ2) is 3.42. The molecular weight excluding hydrogens is 248 g/mol. The second-order valence-corrected chi connectivity index (χ2v) is 3.32. The van der Waals surface area contributed by atoms with Crippen molar-refractivity contribution in [3.05, 3.63) is 29.7 Å². The molecule has 2 rings (SSSR count). The van der Waals surface area contributed by atoms with Crippen LogP contribution in [-0.4, -0.2) is 10.9 Å². The summed E-state index contributed by atoms with van der Waals surface area (Å²) in [7, 11) is 0.